The van der Waals surface area contributed by atoms with Gasteiger partial charge in [-0.25, -0.2) is 4.68 Å². The summed E-state index contributed by atoms with van der Waals surface area (Å²) in [6, 6.07) is 8.58. The van der Waals surface area contributed by atoms with E-state index in [-0.39, 0.29) is 18.3 Å². The summed E-state index contributed by atoms with van der Waals surface area (Å²) in [4.78, 5) is 27.5. The zero-order valence-electron chi connectivity index (χ0n) is 17.5. The van der Waals surface area contributed by atoms with Gasteiger partial charge in [-0.2, -0.15) is 10.2 Å². The van der Waals surface area contributed by atoms with E-state index in [4.69, 9.17) is 21.1 Å². The van der Waals surface area contributed by atoms with E-state index in [1.807, 2.05) is 6.92 Å². The Labute approximate surface area is 189 Å². The third-order valence-corrected chi connectivity index (χ3v) is 5.16. The van der Waals surface area contributed by atoms with Crippen LogP contribution in [0.5, 0.6) is 5.75 Å². The van der Waals surface area contributed by atoms with Gasteiger partial charge < -0.3 is 19.7 Å². The molecule has 11 heteroatoms. The van der Waals surface area contributed by atoms with Gasteiger partial charge in [-0.1, -0.05) is 17.7 Å². The van der Waals surface area contributed by atoms with Crippen LogP contribution in [0.1, 0.15) is 27.9 Å². The summed E-state index contributed by atoms with van der Waals surface area (Å²) in [6.45, 7) is 4.47. The van der Waals surface area contributed by atoms with Crippen LogP contribution in [-0.4, -0.2) is 62.6 Å². The number of rotatable bonds is 7. The molecule has 4 rings (SSSR count). The molecule has 0 atom stereocenters. The number of halogens is 1. The summed E-state index contributed by atoms with van der Waals surface area (Å²) < 4.78 is 14.0. The monoisotopic (exact) mass is 458 g/mol. The molecule has 0 saturated carbocycles. The van der Waals surface area contributed by atoms with Crippen LogP contribution in [-0.2, 0) is 18.0 Å². The minimum absolute atomic E-state index is 0.113. The molecule has 3 heterocycles. The van der Waals surface area contributed by atoms with Gasteiger partial charge in [0.1, 0.15) is 11.4 Å². The number of carbonyl (C=O) groups is 2. The molecule has 0 unspecified atom stereocenters. The van der Waals surface area contributed by atoms with Gasteiger partial charge in [0, 0.05) is 30.9 Å². The molecule has 0 bridgehead atoms. The van der Waals surface area contributed by atoms with Gasteiger partial charge in [0.15, 0.2) is 12.4 Å². The molecule has 1 aliphatic heterocycles. The molecule has 32 heavy (non-hydrogen) atoms. The molecule has 2 amide bonds. The molecule has 1 fully saturated rings. The molecule has 2 aromatic heterocycles. The van der Waals surface area contributed by atoms with Crippen molar-refractivity contribution in [1.82, 2.24) is 24.5 Å². The fourth-order valence-electron chi connectivity index (χ4n) is 3.30. The smallest absolute Gasteiger partial charge is 0.276 e. The number of nitrogens with zero attached hydrogens (tertiary/aromatic N) is 5. The van der Waals surface area contributed by atoms with Crippen LogP contribution in [0.2, 0.25) is 5.02 Å². The molecule has 10 nitrogen and oxygen atoms in total. The average Bonchev–Trinajstić information content (AvgIpc) is 3.45. The zero-order chi connectivity index (χ0) is 22.5. The quantitative estimate of drug-likeness (QED) is 0.583. The molecule has 1 saturated heterocycles. The Morgan fingerprint density at radius 3 is 2.81 bits per heavy atom. The van der Waals surface area contributed by atoms with E-state index in [9.17, 15) is 9.59 Å². The molecule has 1 aliphatic rings. The second-order valence-corrected chi connectivity index (χ2v) is 7.49. The lowest BCUT2D eigenvalue weighted by Crippen LogP contribution is -2.41. The largest absolute Gasteiger partial charge is 0.471 e. The molecule has 1 N–H and O–H groups in total. The number of ether oxygens (including phenoxy) is 2. The summed E-state index contributed by atoms with van der Waals surface area (Å²) in [6.07, 6.45) is 3.11. The van der Waals surface area contributed by atoms with Crippen LogP contribution in [0, 0.1) is 0 Å². The zero-order valence-corrected chi connectivity index (χ0v) is 18.3. The average molecular weight is 459 g/mol. The molecule has 0 aliphatic carbocycles. The second-order valence-electron chi connectivity index (χ2n) is 7.05. The molecule has 1 aromatic carbocycles. The van der Waals surface area contributed by atoms with Crippen molar-refractivity contribution in [3.63, 3.8) is 0 Å². The van der Waals surface area contributed by atoms with E-state index in [0.717, 1.165) is 0 Å². The Morgan fingerprint density at radius 1 is 1.25 bits per heavy atom. The summed E-state index contributed by atoms with van der Waals surface area (Å²) >= 11 is 5.95. The maximum Gasteiger partial charge on any atom is 0.276 e. The number of aromatic nitrogens is 4. The van der Waals surface area contributed by atoms with Crippen molar-refractivity contribution in [3.8, 4) is 5.75 Å². The lowest BCUT2D eigenvalue weighted by atomic mass is 10.2. The highest BCUT2D eigenvalue weighted by Gasteiger charge is 2.26. The molecule has 168 valence electrons. The Morgan fingerprint density at radius 2 is 2.06 bits per heavy atom. The predicted molar refractivity (Wildman–Crippen MR) is 117 cm³/mol. The van der Waals surface area contributed by atoms with Crippen LogP contribution < -0.4 is 10.1 Å². The third kappa shape index (κ3) is 4.92. The first-order chi connectivity index (χ1) is 15.5. The van der Waals surface area contributed by atoms with Gasteiger partial charge in [-0.05, 0) is 31.2 Å². The Kier molecular flexibility index (Phi) is 6.72. The van der Waals surface area contributed by atoms with E-state index in [0.29, 0.717) is 55.0 Å². The van der Waals surface area contributed by atoms with Crippen LogP contribution >= 0.6 is 11.6 Å². The summed E-state index contributed by atoms with van der Waals surface area (Å²) in [7, 11) is 0. The molecule has 3 aromatic rings. The van der Waals surface area contributed by atoms with Gasteiger partial charge in [-0.3, -0.25) is 14.3 Å². The standard InChI is InChI=1S/C21H23ClN6O4/c1-2-28-19(21(30)26-8-10-31-11-9-26)18(13-23-28)24-20(29)17-6-7-27(25-17)14-32-16-5-3-4-15(22)12-16/h3-7,12-13H,2,8-11,14H2,1H3,(H,24,29). The maximum absolute atomic E-state index is 13.0. The van der Waals surface area contributed by atoms with Crippen molar-refractivity contribution in [3.05, 3.63) is 59.1 Å². The Balaban J connectivity index is 1.44. The fraction of sp³-hybridized carbons (Fsp3) is 0.333. The number of morpholine rings is 1. The lowest BCUT2D eigenvalue weighted by Gasteiger charge is -2.27. The number of hydrogen-bond acceptors (Lipinski definition) is 6. The number of benzene rings is 1. The number of aryl methyl sites for hydroxylation is 1. The van der Waals surface area contributed by atoms with Crippen LogP contribution in [0.15, 0.2) is 42.7 Å². The van der Waals surface area contributed by atoms with Crippen molar-refractivity contribution >= 4 is 29.1 Å². The predicted octanol–water partition coefficient (Wildman–Crippen LogP) is 2.51. The van der Waals surface area contributed by atoms with E-state index in [2.05, 4.69) is 15.5 Å². The number of anilines is 1. The Bertz CT molecular complexity index is 1110. The molecule has 0 radical (unpaired) electrons. The number of carbonyl (C=O) groups excluding carboxylic acids is 2. The minimum atomic E-state index is -0.446. The van der Waals surface area contributed by atoms with Crippen molar-refractivity contribution in [1.29, 1.82) is 0 Å². The van der Waals surface area contributed by atoms with Crippen LogP contribution in [0.4, 0.5) is 5.69 Å². The highest BCUT2D eigenvalue weighted by molar-refractivity contribution is 6.30. The minimum Gasteiger partial charge on any atom is -0.471 e. The van der Waals surface area contributed by atoms with E-state index in [1.54, 1.807) is 46.1 Å². The first-order valence-electron chi connectivity index (χ1n) is 10.2. The molecule has 0 spiro atoms. The van der Waals surface area contributed by atoms with Crippen molar-refractivity contribution in [2.45, 2.75) is 20.2 Å². The second kappa shape index (κ2) is 9.84. The third-order valence-electron chi connectivity index (χ3n) is 4.92. The highest BCUT2D eigenvalue weighted by atomic mass is 35.5. The first-order valence-corrected chi connectivity index (χ1v) is 10.6. The van der Waals surface area contributed by atoms with Gasteiger partial charge in [-0.15, -0.1) is 0 Å². The van der Waals surface area contributed by atoms with Crippen molar-refractivity contribution in [2.75, 3.05) is 31.6 Å². The molecular weight excluding hydrogens is 436 g/mol. The maximum atomic E-state index is 13.0. The van der Waals surface area contributed by atoms with Crippen molar-refractivity contribution < 1.29 is 19.1 Å². The van der Waals surface area contributed by atoms with Gasteiger partial charge >= 0.3 is 0 Å². The normalized spacial score (nSPS) is 13.8. The number of hydrogen-bond donors (Lipinski definition) is 1. The molecular formula is C21H23ClN6O4. The van der Waals surface area contributed by atoms with E-state index >= 15 is 0 Å². The number of amides is 2. The van der Waals surface area contributed by atoms with Gasteiger partial charge in [0.25, 0.3) is 11.8 Å². The summed E-state index contributed by atoms with van der Waals surface area (Å²) in [5.41, 5.74) is 0.873. The SMILES string of the molecule is CCn1ncc(NC(=O)c2ccn(COc3cccc(Cl)c3)n2)c1C(=O)N1CCOCC1. The number of nitrogens with one attached hydrogen (secondary N) is 1. The summed E-state index contributed by atoms with van der Waals surface area (Å²) in [5, 5.41) is 11.8. The highest BCUT2D eigenvalue weighted by Crippen LogP contribution is 2.20. The summed E-state index contributed by atoms with van der Waals surface area (Å²) in [5.74, 6) is -0.0427. The lowest BCUT2D eigenvalue weighted by molar-refractivity contribution is 0.0295. The topological polar surface area (TPSA) is 104 Å². The van der Waals surface area contributed by atoms with Gasteiger partial charge in [0.2, 0.25) is 0 Å². The van der Waals surface area contributed by atoms with E-state index < -0.39 is 5.91 Å². The first kappa shape index (κ1) is 21.8. The van der Waals surface area contributed by atoms with Gasteiger partial charge in [0.05, 0.1) is 25.1 Å². The van der Waals surface area contributed by atoms with Crippen molar-refractivity contribution in [2.24, 2.45) is 0 Å². The van der Waals surface area contributed by atoms with E-state index in [1.165, 1.54) is 10.9 Å². The Hall–Kier alpha value is -3.37. The van der Waals surface area contributed by atoms with Crippen LogP contribution in [0.3, 0.4) is 0 Å². The van der Waals surface area contributed by atoms with Crippen LogP contribution in [0.25, 0.3) is 0 Å². The fourth-order valence-corrected chi connectivity index (χ4v) is 3.48.